The van der Waals surface area contributed by atoms with Gasteiger partial charge in [0.2, 0.25) is 0 Å². The Labute approximate surface area is 86.7 Å². The number of hydrogen-bond acceptors (Lipinski definition) is 4. The predicted octanol–water partition coefficient (Wildman–Crippen LogP) is 0.454. The van der Waals surface area contributed by atoms with E-state index in [1.165, 1.54) is 0 Å². The van der Waals surface area contributed by atoms with Gasteiger partial charge in [-0.2, -0.15) is 0 Å². The zero-order valence-electron chi connectivity index (χ0n) is 8.36. The third-order valence-corrected chi connectivity index (χ3v) is 1.76. The molecule has 1 aromatic heterocycles. The van der Waals surface area contributed by atoms with E-state index in [1.54, 1.807) is 19.1 Å². The van der Waals surface area contributed by atoms with Crippen molar-refractivity contribution in [3.8, 4) is 0 Å². The monoisotopic (exact) mass is 211 g/mol. The maximum atomic E-state index is 11.4. The second-order valence-electron chi connectivity index (χ2n) is 3.01. The molecule has 0 aromatic carbocycles. The number of furan rings is 1. The molecule has 1 rings (SSSR count). The lowest BCUT2D eigenvalue weighted by Gasteiger charge is -2.01. The number of amides is 1. The molecule has 6 heteroatoms. The summed E-state index contributed by atoms with van der Waals surface area (Å²) in [6.07, 6.45) is 0.294. The number of aryl methyl sites for hydroxylation is 1. The van der Waals surface area contributed by atoms with E-state index in [9.17, 15) is 4.79 Å². The van der Waals surface area contributed by atoms with Gasteiger partial charge >= 0.3 is 0 Å². The summed E-state index contributed by atoms with van der Waals surface area (Å²) >= 11 is 0. The number of hydrogen-bond donors (Lipinski definition) is 3. The fraction of sp³-hybridized carbons (Fsp3) is 0.333. The number of rotatable bonds is 4. The molecule has 0 aliphatic rings. The van der Waals surface area contributed by atoms with E-state index < -0.39 is 0 Å². The maximum Gasteiger partial charge on any atom is 0.287 e. The van der Waals surface area contributed by atoms with Crippen LogP contribution in [0.4, 0.5) is 0 Å². The van der Waals surface area contributed by atoms with E-state index in [-0.39, 0.29) is 17.5 Å². The lowest BCUT2D eigenvalue weighted by Crippen LogP contribution is -2.27. The summed E-state index contributed by atoms with van der Waals surface area (Å²) in [5.41, 5.74) is 5.23. The van der Waals surface area contributed by atoms with E-state index in [0.29, 0.717) is 18.7 Å². The topological polar surface area (TPSA) is 101 Å². The van der Waals surface area contributed by atoms with Gasteiger partial charge in [-0.05, 0) is 19.1 Å². The van der Waals surface area contributed by atoms with Gasteiger partial charge in [0.25, 0.3) is 5.91 Å². The van der Waals surface area contributed by atoms with Crippen molar-refractivity contribution in [3.05, 3.63) is 23.7 Å². The summed E-state index contributed by atoms with van der Waals surface area (Å²) in [6.45, 7) is 2.06. The first-order valence-corrected chi connectivity index (χ1v) is 4.44. The number of nitrogens with one attached hydrogen (secondary N) is 1. The van der Waals surface area contributed by atoms with E-state index in [2.05, 4.69) is 10.5 Å². The standard InChI is InChI=1S/C9H13N3O3/c1-6-2-3-7(15-6)9(13)11-5-4-8(10)12-14/h2-3,14H,4-5H2,1H3,(H2,10,12)(H,11,13). The van der Waals surface area contributed by atoms with Crippen molar-refractivity contribution in [2.45, 2.75) is 13.3 Å². The number of carbonyl (C=O) groups is 1. The van der Waals surface area contributed by atoms with Crippen LogP contribution in [0.3, 0.4) is 0 Å². The van der Waals surface area contributed by atoms with E-state index in [1.807, 2.05) is 0 Å². The second-order valence-corrected chi connectivity index (χ2v) is 3.01. The molecular weight excluding hydrogens is 198 g/mol. The summed E-state index contributed by atoms with van der Waals surface area (Å²) in [7, 11) is 0. The summed E-state index contributed by atoms with van der Waals surface area (Å²) in [4.78, 5) is 11.4. The number of nitrogens with zero attached hydrogens (tertiary/aromatic N) is 1. The normalized spacial score (nSPS) is 11.4. The van der Waals surface area contributed by atoms with Crippen LogP contribution in [0.5, 0.6) is 0 Å². The third kappa shape index (κ3) is 3.34. The molecule has 0 aliphatic heterocycles. The first kappa shape index (κ1) is 11.1. The molecule has 0 fully saturated rings. The Bertz CT molecular complexity index is 370. The molecular formula is C9H13N3O3. The number of oxime groups is 1. The molecule has 0 atom stereocenters. The van der Waals surface area contributed by atoms with Crippen LogP contribution in [0.2, 0.25) is 0 Å². The first-order chi connectivity index (χ1) is 7.13. The van der Waals surface area contributed by atoms with Gasteiger partial charge in [0.15, 0.2) is 5.76 Å². The minimum absolute atomic E-state index is 0.0749. The first-order valence-electron chi connectivity index (χ1n) is 4.44. The average Bonchev–Trinajstić information content (AvgIpc) is 2.64. The van der Waals surface area contributed by atoms with Crippen molar-refractivity contribution in [1.82, 2.24) is 5.32 Å². The number of carbonyl (C=O) groups excluding carboxylic acids is 1. The predicted molar refractivity (Wildman–Crippen MR) is 53.8 cm³/mol. The largest absolute Gasteiger partial charge is 0.456 e. The van der Waals surface area contributed by atoms with Crippen LogP contribution >= 0.6 is 0 Å². The van der Waals surface area contributed by atoms with Crippen LogP contribution < -0.4 is 11.1 Å². The number of nitrogens with two attached hydrogens (primary N) is 1. The van der Waals surface area contributed by atoms with Crippen LogP contribution in [0.25, 0.3) is 0 Å². The summed E-state index contributed by atoms with van der Waals surface area (Å²) in [6, 6.07) is 3.30. The fourth-order valence-electron chi connectivity index (χ4n) is 0.998. The Morgan fingerprint density at radius 1 is 1.67 bits per heavy atom. The Hall–Kier alpha value is -1.98. The third-order valence-electron chi connectivity index (χ3n) is 1.76. The maximum absolute atomic E-state index is 11.4. The Balaban J connectivity index is 2.37. The molecule has 0 spiro atoms. The molecule has 0 unspecified atom stereocenters. The van der Waals surface area contributed by atoms with Gasteiger partial charge in [-0.1, -0.05) is 5.16 Å². The van der Waals surface area contributed by atoms with Gasteiger partial charge in [-0.3, -0.25) is 4.79 Å². The van der Waals surface area contributed by atoms with Gasteiger partial charge < -0.3 is 20.7 Å². The quantitative estimate of drug-likeness (QED) is 0.291. The minimum atomic E-state index is -0.311. The Morgan fingerprint density at radius 2 is 2.40 bits per heavy atom. The summed E-state index contributed by atoms with van der Waals surface area (Å²) in [5, 5.41) is 13.6. The van der Waals surface area contributed by atoms with Crippen LogP contribution in [-0.2, 0) is 0 Å². The Morgan fingerprint density at radius 3 is 2.93 bits per heavy atom. The van der Waals surface area contributed by atoms with Gasteiger partial charge in [0.1, 0.15) is 11.6 Å². The van der Waals surface area contributed by atoms with Gasteiger partial charge in [-0.15, -0.1) is 0 Å². The van der Waals surface area contributed by atoms with E-state index in [4.69, 9.17) is 15.4 Å². The van der Waals surface area contributed by atoms with Crippen molar-refractivity contribution in [2.75, 3.05) is 6.54 Å². The van der Waals surface area contributed by atoms with Crippen LogP contribution in [-0.4, -0.2) is 23.5 Å². The molecule has 1 aromatic rings. The second kappa shape index (κ2) is 5.04. The Kier molecular flexibility index (Phi) is 3.73. The SMILES string of the molecule is Cc1ccc(C(=O)NCCC(N)=NO)o1. The molecule has 15 heavy (non-hydrogen) atoms. The molecule has 0 radical (unpaired) electrons. The lowest BCUT2D eigenvalue weighted by molar-refractivity contribution is 0.0925. The van der Waals surface area contributed by atoms with Crippen LogP contribution in [0, 0.1) is 6.92 Å². The van der Waals surface area contributed by atoms with Gasteiger partial charge in [-0.25, -0.2) is 0 Å². The summed E-state index contributed by atoms with van der Waals surface area (Å²) in [5.74, 6) is 0.698. The minimum Gasteiger partial charge on any atom is -0.456 e. The summed E-state index contributed by atoms with van der Waals surface area (Å²) < 4.78 is 5.11. The van der Waals surface area contributed by atoms with Gasteiger partial charge in [0.05, 0.1) is 0 Å². The van der Waals surface area contributed by atoms with E-state index >= 15 is 0 Å². The molecule has 1 heterocycles. The highest BCUT2D eigenvalue weighted by molar-refractivity contribution is 5.91. The van der Waals surface area contributed by atoms with Crippen molar-refractivity contribution < 1.29 is 14.4 Å². The smallest absolute Gasteiger partial charge is 0.287 e. The number of amidine groups is 1. The van der Waals surface area contributed by atoms with Crippen molar-refractivity contribution in [3.63, 3.8) is 0 Å². The molecule has 1 amide bonds. The molecule has 82 valence electrons. The van der Waals surface area contributed by atoms with Crippen LogP contribution in [0.15, 0.2) is 21.7 Å². The molecule has 0 saturated carbocycles. The van der Waals surface area contributed by atoms with Gasteiger partial charge in [0, 0.05) is 13.0 Å². The zero-order chi connectivity index (χ0) is 11.3. The average molecular weight is 211 g/mol. The molecule has 0 bridgehead atoms. The fourth-order valence-corrected chi connectivity index (χ4v) is 0.998. The van der Waals surface area contributed by atoms with Crippen molar-refractivity contribution >= 4 is 11.7 Å². The molecule has 0 aliphatic carbocycles. The highest BCUT2D eigenvalue weighted by Gasteiger charge is 2.08. The molecule has 4 N–H and O–H groups in total. The van der Waals surface area contributed by atoms with Crippen molar-refractivity contribution in [2.24, 2.45) is 10.9 Å². The van der Waals surface area contributed by atoms with Crippen LogP contribution in [0.1, 0.15) is 22.7 Å². The molecule has 6 nitrogen and oxygen atoms in total. The van der Waals surface area contributed by atoms with E-state index in [0.717, 1.165) is 0 Å². The lowest BCUT2D eigenvalue weighted by atomic mass is 10.3. The molecule has 0 saturated heterocycles. The zero-order valence-corrected chi connectivity index (χ0v) is 8.36. The van der Waals surface area contributed by atoms with Crippen molar-refractivity contribution in [1.29, 1.82) is 0 Å². The highest BCUT2D eigenvalue weighted by atomic mass is 16.4. The highest BCUT2D eigenvalue weighted by Crippen LogP contribution is 2.05.